The molecule has 410 valence electrons. The minimum absolute atomic E-state index is 0.147. The third kappa shape index (κ3) is 7.14. The monoisotopic (exact) mass is 1160 g/mol. The maximum atomic E-state index is 2.69. The van der Waals surface area contributed by atoms with Crippen molar-refractivity contribution in [3.63, 3.8) is 0 Å². The van der Waals surface area contributed by atoms with Crippen molar-refractivity contribution >= 4 is 185 Å². The summed E-state index contributed by atoms with van der Waals surface area (Å²) in [5.74, 6) is 0. The van der Waals surface area contributed by atoms with Gasteiger partial charge >= 0.3 is 0 Å². The molecule has 0 N–H and O–H groups in total. The quantitative estimate of drug-likeness (QED) is 0.125. The van der Waals surface area contributed by atoms with Crippen LogP contribution in [-0.2, 0) is 0 Å². The number of hydrogen-bond acceptors (Lipinski definition) is 4. The number of thiophene rings is 2. The molecule has 0 aliphatic carbocycles. The SMILES string of the molecule is c1ccc(N2c3cc4c(cc3B3c5cc6sc7ccccc7c6cc5N(c5ccccc5-c5cc6ccccc6c6ccccc56)c5cc(-c6cc7ccccc7c7ccccc67)cc2c53)sc2ccccc24)c(-c2cc3ccccc3c3ccccc23)c1. The molecule has 89 heavy (non-hydrogen) atoms. The zero-order valence-electron chi connectivity index (χ0n) is 48.1. The largest absolute Gasteiger partial charge is 0.311 e. The lowest BCUT2D eigenvalue weighted by Gasteiger charge is -2.45. The van der Waals surface area contributed by atoms with Crippen molar-refractivity contribution in [1.82, 2.24) is 0 Å². The number of fused-ring (bicyclic) bond motifs is 19. The molecule has 0 spiro atoms. The highest BCUT2D eigenvalue weighted by molar-refractivity contribution is 7.26. The zero-order valence-corrected chi connectivity index (χ0v) is 49.7. The number of rotatable bonds is 5. The molecule has 0 atom stereocenters. The fourth-order valence-corrected chi connectivity index (χ4v) is 18.0. The van der Waals surface area contributed by atoms with Crippen LogP contribution in [0, 0.1) is 0 Å². The van der Waals surface area contributed by atoms with Crippen molar-refractivity contribution in [2.75, 3.05) is 9.80 Å². The van der Waals surface area contributed by atoms with E-state index in [4.69, 9.17) is 0 Å². The molecule has 18 aromatic rings. The Hall–Kier alpha value is -10.8. The van der Waals surface area contributed by atoms with Crippen LogP contribution in [0.4, 0.5) is 34.1 Å². The Kier molecular flexibility index (Phi) is 10.4. The predicted molar refractivity (Wildman–Crippen MR) is 388 cm³/mol. The molecule has 4 heterocycles. The molecule has 2 aliphatic rings. The van der Waals surface area contributed by atoms with E-state index in [1.807, 2.05) is 22.7 Å². The summed E-state index contributed by atoms with van der Waals surface area (Å²) in [5, 5.41) is 20.0. The van der Waals surface area contributed by atoms with Crippen LogP contribution in [0.15, 0.2) is 297 Å². The minimum atomic E-state index is -0.147. The standard InChI is InChI=1S/C84H49BN2S2/c1-4-24-54-50(21-1)41-67(60-30-10-7-27-57(54)60)53-44-78-84-79(45-53)87(75-38-18-14-34-64(75)69-43-52-23-3-6-26-56(52)59-29-9-12-32-62(59)69)77-47-71-66-36-16-20-40-81(66)89-83(71)49-73(77)85(84)72-48-82-70(65-35-15-19-39-80(65)88-82)46-76(72)86(78)74-37-17-13-33-63(74)68-42-51-22-2-5-25-55(51)58-28-8-11-31-61(58)68/h1-49H. The molecule has 2 nitrogen and oxygen atoms in total. The summed E-state index contributed by atoms with van der Waals surface area (Å²) in [7, 11) is 0. The molecule has 0 unspecified atom stereocenters. The van der Waals surface area contributed by atoms with Crippen LogP contribution in [0.2, 0.25) is 0 Å². The van der Waals surface area contributed by atoms with E-state index in [-0.39, 0.29) is 6.71 Å². The Bertz CT molecular complexity index is 5800. The van der Waals surface area contributed by atoms with Crippen LogP contribution in [-0.4, -0.2) is 6.71 Å². The van der Waals surface area contributed by atoms with Gasteiger partial charge in [-0.2, -0.15) is 0 Å². The average Bonchev–Trinajstić information content (AvgIpc) is 1.52. The number of benzene rings is 16. The number of para-hydroxylation sites is 2. The lowest BCUT2D eigenvalue weighted by molar-refractivity contribution is 1.26. The van der Waals surface area contributed by atoms with Gasteiger partial charge in [-0.15, -0.1) is 22.7 Å². The topological polar surface area (TPSA) is 6.48 Å². The van der Waals surface area contributed by atoms with Crippen LogP contribution in [0.1, 0.15) is 0 Å². The Balaban J connectivity index is 0.969. The highest BCUT2D eigenvalue weighted by atomic mass is 32.1. The zero-order chi connectivity index (χ0) is 58.0. The van der Waals surface area contributed by atoms with Crippen molar-refractivity contribution in [2.24, 2.45) is 0 Å². The maximum absolute atomic E-state index is 2.69. The van der Waals surface area contributed by atoms with Crippen molar-refractivity contribution in [2.45, 2.75) is 0 Å². The van der Waals surface area contributed by atoms with Crippen molar-refractivity contribution in [1.29, 1.82) is 0 Å². The van der Waals surface area contributed by atoms with Gasteiger partial charge in [-0.25, -0.2) is 0 Å². The fraction of sp³-hybridized carbons (Fsp3) is 0. The van der Waals surface area contributed by atoms with E-state index in [1.54, 1.807) is 0 Å². The molecular weight excluding hydrogens is 1110 g/mol. The van der Waals surface area contributed by atoms with Crippen molar-refractivity contribution in [3.8, 4) is 33.4 Å². The summed E-state index contributed by atoms with van der Waals surface area (Å²) in [6, 6.07) is 113. The van der Waals surface area contributed by atoms with E-state index < -0.39 is 0 Å². The van der Waals surface area contributed by atoms with Crippen LogP contribution in [0.3, 0.4) is 0 Å². The summed E-state index contributed by atoms with van der Waals surface area (Å²) in [6.45, 7) is -0.147. The van der Waals surface area contributed by atoms with Crippen LogP contribution < -0.4 is 26.2 Å². The molecule has 2 aromatic heterocycles. The maximum Gasteiger partial charge on any atom is 0.252 e. The highest BCUT2D eigenvalue weighted by Crippen LogP contribution is 2.54. The first-order valence-corrected chi connectivity index (χ1v) is 32.4. The summed E-state index contributed by atoms with van der Waals surface area (Å²) in [4.78, 5) is 5.37. The first-order valence-electron chi connectivity index (χ1n) is 30.7. The fourth-order valence-electron chi connectivity index (χ4n) is 15.7. The molecule has 0 fully saturated rings. The van der Waals surface area contributed by atoms with Gasteiger partial charge < -0.3 is 9.80 Å². The van der Waals surface area contributed by atoms with Gasteiger partial charge in [-0.1, -0.05) is 218 Å². The van der Waals surface area contributed by atoms with Gasteiger partial charge in [0.2, 0.25) is 0 Å². The van der Waals surface area contributed by atoms with Gasteiger partial charge in [0.25, 0.3) is 6.71 Å². The minimum Gasteiger partial charge on any atom is -0.311 e. The van der Waals surface area contributed by atoms with E-state index in [1.165, 1.54) is 172 Å². The molecule has 0 radical (unpaired) electrons. The summed E-state index contributed by atoms with van der Waals surface area (Å²) in [5.41, 5.74) is 18.0. The third-order valence-corrected chi connectivity index (χ3v) is 21.8. The number of anilines is 6. The van der Waals surface area contributed by atoms with Crippen molar-refractivity contribution < 1.29 is 0 Å². The highest BCUT2D eigenvalue weighted by Gasteiger charge is 2.45. The normalized spacial score (nSPS) is 12.9. The lowest BCUT2D eigenvalue weighted by atomic mass is 9.33. The Morgan fingerprint density at radius 3 is 0.989 bits per heavy atom. The summed E-state index contributed by atoms with van der Waals surface area (Å²) in [6.07, 6.45) is 0. The van der Waals surface area contributed by atoms with E-state index in [0.717, 1.165) is 16.9 Å². The lowest BCUT2D eigenvalue weighted by Crippen LogP contribution is -2.61. The summed E-state index contributed by atoms with van der Waals surface area (Å²) >= 11 is 3.82. The predicted octanol–water partition coefficient (Wildman–Crippen LogP) is 22.4. The number of hydrogen-bond donors (Lipinski definition) is 0. The van der Waals surface area contributed by atoms with Gasteiger partial charge in [-0.3, -0.25) is 0 Å². The van der Waals surface area contributed by atoms with Crippen molar-refractivity contribution in [3.05, 3.63) is 297 Å². The average molecular weight is 1160 g/mol. The third-order valence-electron chi connectivity index (χ3n) is 19.5. The molecule has 2 aliphatic heterocycles. The first kappa shape index (κ1) is 49.3. The Morgan fingerprint density at radius 1 is 0.213 bits per heavy atom. The smallest absolute Gasteiger partial charge is 0.252 e. The van der Waals surface area contributed by atoms with Gasteiger partial charge in [0.15, 0.2) is 0 Å². The van der Waals surface area contributed by atoms with Gasteiger partial charge in [0.05, 0.1) is 11.4 Å². The molecule has 0 bridgehead atoms. The van der Waals surface area contributed by atoms with E-state index in [9.17, 15) is 0 Å². The second-order valence-electron chi connectivity index (χ2n) is 24.1. The van der Waals surface area contributed by atoms with E-state index >= 15 is 0 Å². The Morgan fingerprint density at radius 2 is 0.551 bits per heavy atom. The van der Waals surface area contributed by atoms with Crippen LogP contribution in [0.25, 0.3) is 138 Å². The molecule has 20 rings (SSSR count). The second-order valence-corrected chi connectivity index (χ2v) is 26.3. The molecule has 5 heteroatoms. The first-order chi connectivity index (χ1) is 44.1. The molecule has 0 saturated heterocycles. The van der Waals surface area contributed by atoms with Gasteiger partial charge in [0.1, 0.15) is 0 Å². The van der Waals surface area contributed by atoms with Crippen LogP contribution in [0.5, 0.6) is 0 Å². The van der Waals surface area contributed by atoms with Crippen LogP contribution >= 0.6 is 22.7 Å². The van der Waals surface area contributed by atoms with E-state index in [2.05, 4.69) is 307 Å². The summed E-state index contributed by atoms with van der Waals surface area (Å²) < 4.78 is 5.18. The van der Waals surface area contributed by atoms with Gasteiger partial charge in [-0.05, 0) is 182 Å². The number of nitrogens with zero attached hydrogens (tertiary/aromatic N) is 2. The molecule has 0 amide bonds. The van der Waals surface area contributed by atoms with Gasteiger partial charge in [0, 0.05) is 74.2 Å². The molecule has 16 aromatic carbocycles. The molecular formula is C84H49BN2S2. The Labute approximate surface area is 521 Å². The molecule has 0 saturated carbocycles. The van der Waals surface area contributed by atoms with E-state index in [0.29, 0.717) is 0 Å². The second kappa shape index (κ2) is 18.8.